The highest BCUT2D eigenvalue weighted by Gasteiger charge is 2.10. The van der Waals surface area contributed by atoms with Crippen LogP contribution in [0.4, 0.5) is 0 Å². The lowest BCUT2D eigenvalue weighted by atomic mass is 9.93. The summed E-state index contributed by atoms with van der Waals surface area (Å²) >= 11 is 0. The van der Waals surface area contributed by atoms with Gasteiger partial charge in [0.1, 0.15) is 19.0 Å². The zero-order valence-corrected chi connectivity index (χ0v) is 14.1. The molecule has 26 heavy (non-hydrogen) atoms. The fraction of sp³-hybridized carbons (Fsp3) is 0. The van der Waals surface area contributed by atoms with Gasteiger partial charge in [-0.2, -0.15) is 0 Å². The Bertz CT molecular complexity index is 1240. The van der Waals surface area contributed by atoms with E-state index in [2.05, 4.69) is 66.7 Å². The molecule has 0 atom stereocenters. The van der Waals surface area contributed by atoms with Gasteiger partial charge in [-0.25, -0.2) is 0 Å². The molecule has 0 aliphatic carbocycles. The van der Waals surface area contributed by atoms with Gasteiger partial charge in [0.2, 0.25) is 0 Å². The standard InChI is InChI=1S/C24H15BO/c25-22-11-5-10-20-21-15-19(12-13-23(21)26-24(20)22)18-9-4-8-17(14-18)16-6-2-1-3-7-16/h1-15H. The van der Waals surface area contributed by atoms with Crippen LogP contribution in [0, 0.1) is 0 Å². The summed E-state index contributed by atoms with van der Waals surface area (Å²) in [7, 11) is 6.06. The van der Waals surface area contributed by atoms with Crippen LogP contribution in [0.15, 0.2) is 95.4 Å². The number of hydrogen-bond donors (Lipinski definition) is 0. The zero-order valence-electron chi connectivity index (χ0n) is 14.1. The first-order valence-electron chi connectivity index (χ1n) is 8.66. The van der Waals surface area contributed by atoms with Crippen molar-refractivity contribution in [1.29, 1.82) is 0 Å². The van der Waals surface area contributed by atoms with Crippen LogP contribution in [-0.4, -0.2) is 7.85 Å². The molecular weight excluding hydrogens is 315 g/mol. The van der Waals surface area contributed by atoms with Crippen LogP contribution in [0.3, 0.4) is 0 Å². The van der Waals surface area contributed by atoms with Crippen molar-refractivity contribution >= 4 is 35.2 Å². The predicted octanol–water partition coefficient (Wildman–Crippen LogP) is 5.71. The van der Waals surface area contributed by atoms with Crippen LogP contribution in [0.1, 0.15) is 0 Å². The maximum absolute atomic E-state index is 6.06. The number of benzene rings is 4. The van der Waals surface area contributed by atoms with E-state index in [0.717, 1.165) is 21.9 Å². The Balaban J connectivity index is 1.68. The highest BCUT2D eigenvalue weighted by Crippen LogP contribution is 2.33. The van der Waals surface area contributed by atoms with Gasteiger partial charge in [0, 0.05) is 10.8 Å². The topological polar surface area (TPSA) is 13.1 Å². The first-order chi connectivity index (χ1) is 12.8. The number of para-hydroxylation sites is 1. The molecule has 0 N–H and O–H groups in total. The Morgan fingerprint density at radius 1 is 0.538 bits per heavy atom. The van der Waals surface area contributed by atoms with E-state index in [1.165, 1.54) is 22.3 Å². The zero-order chi connectivity index (χ0) is 17.5. The fourth-order valence-electron chi connectivity index (χ4n) is 3.51. The molecule has 5 rings (SSSR count). The Kier molecular flexibility index (Phi) is 3.43. The first kappa shape index (κ1) is 15.0. The third kappa shape index (κ3) is 2.43. The lowest BCUT2D eigenvalue weighted by molar-refractivity contribution is 0.671. The van der Waals surface area contributed by atoms with Crippen LogP contribution in [-0.2, 0) is 0 Å². The molecule has 0 amide bonds. The van der Waals surface area contributed by atoms with Crippen LogP contribution >= 0.6 is 0 Å². The Morgan fingerprint density at radius 3 is 2.08 bits per heavy atom. The molecule has 4 aromatic carbocycles. The lowest BCUT2D eigenvalue weighted by Crippen LogP contribution is -2.00. The van der Waals surface area contributed by atoms with Crippen molar-refractivity contribution in [3.05, 3.63) is 91.0 Å². The summed E-state index contributed by atoms with van der Waals surface area (Å²) < 4.78 is 5.94. The molecule has 2 radical (unpaired) electrons. The Morgan fingerprint density at radius 2 is 1.23 bits per heavy atom. The molecule has 0 fully saturated rings. The van der Waals surface area contributed by atoms with Gasteiger partial charge in [0.15, 0.2) is 0 Å². The number of furan rings is 1. The van der Waals surface area contributed by atoms with Crippen LogP contribution in [0.2, 0.25) is 0 Å². The quantitative estimate of drug-likeness (QED) is 0.378. The van der Waals surface area contributed by atoms with Gasteiger partial charge in [-0.1, -0.05) is 78.3 Å². The average Bonchev–Trinajstić information content (AvgIpc) is 3.08. The van der Waals surface area contributed by atoms with E-state index in [4.69, 9.17) is 12.3 Å². The fourth-order valence-corrected chi connectivity index (χ4v) is 3.51. The van der Waals surface area contributed by atoms with E-state index in [9.17, 15) is 0 Å². The summed E-state index contributed by atoms with van der Waals surface area (Å²) in [5.74, 6) is 0. The van der Waals surface area contributed by atoms with Crippen molar-refractivity contribution in [2.45, 2.75) is 0 Å². The maximum atomic E-state index is 6.06. The van der Waals surface area contributed by atoms with Crippen LogP contribution in [0.5, 0.6) is 0 Å². The molecule has 1 heterocycles. The number of fused-ring (bicyclic) bond motifs is 3. The summed E-state index contributed by atoms with van der Waals surface area (Å²) in [4.78, 5) is 0. The summed E-state index contributed by atoms with van der Waals surface area (Å²) in [6.45, 7) is 0. The normalized spacial score (nSPS) is 11.2. The molecule has 0 aliphatic rings. The Labute approximate surface area is 153 Å². The minimum Gasteiger partial charge on any atom is -0.457 e. The molecule has 1 nitrogen and oxygen atoms in total. The van der Waals surface area contributed by atoms with Gasteiger partial charge >= 0.3 is 0 Å². The largest absolute Gasteiger partial charge is 0.457 e. The van der Waals surface area contributed by atoms with E-state index in [1.807, 2.05) is 24.3 Å². The summed E-state index contributed by atoms with van der Waals surface area (Å²) in [6, 6.07) is 31.3. The first-order valence-corrected chi connectivity index (χ1v) is 8.66. The van der Waals surface area contributed by atoms with Crippen molar-refractivity contribution in [2.24, 2.45) is 0 Å². The molecule has 0 bridgehead atoms. The van der Waals surface area contributed by atoms with Gasteiger partial charge in [0.05, 0.1) is 0 Å². The molecule has 0 saturated carbocycles. The second-order valence-electron chi connectivity index (χ2n) is 6.48. The smallest absolute Gasteiger partial charge is 0.135 e. The Hall–Kier alpha value is -3.26. The van der Waals surface area contributed by atoms with Crippen molar-refractivity contribution in [3.63, 3.8) is 0 Å². The van der Waals surface area contributed by atoms with Crippen molar-refractivity contribution in [3.8, 4) is 22.3 Å². The molecule has 120 valence electrons. The highest BCUT2D eigenvalue weighted by molar-refractivity contribution is 6.39. The van der Waals surface area contributed by atoms with Crippen LogP contribution < -0.4 is 5.46 Å². The maximum Gasteiger partial charge on any atom is 0.135 e. The van der Waals surface area contributed by atoms with E-state index < -0.39 is 0 Å². The molecule has 0 aliphatic heterocycles. The predicted molar refractivity (Wildman–Crippen MR) is 110 cm³/mol. The van der Waals surface area contributed by atoms with Crippen molar-refractivity contribution in [2.75, 3.05) is 0 Å². The molecule has 0 saturated heterocycles. The third-order valence-electron chi connectivity index (χ3n) is 4.83. The summed E-state index contributed by atoms with van der Waals surface area (Å²) in [6.07, 6.45) is 0. The minimum atomic E-state index is 0.673. The molecule has 1 aromatic heterocycles. The lowest BCUT2D eigenvalue weighted by Gasteiger charge is -2.06. The second-order valence-corrected chi connectivity index (χ2v) is 6.48. The molecule has 2 heteroatoms. The van der Waals surface area contributed by atoms with E-state index in [0.29, 0.717) is 5.46 Å². The van der Waals surface area contributed by atoms with Gasteiger partial charge in [-0.15, -0.1) is 0 Å². The molecule has 0 unspecified atom stereocenters. The minimum absolute atomic E-state index is 0.673. The van der Waals surface area contributed by atoms with Gasteiger partial charge in [-0.05, 0) is 40.5 Å². The number of hydrogen-bond acceptors (Lipinski definition) is 1. The van der Waals surface area contributed by atoms with Crippen LogP contribution in [0.25, 0.3) is 44.2 Å². The average molecular weight is 330 g/mol. The summed E-state index contributed by atoms with van der Waals surface area (Å²) in [5.41, 5.74) is 7.08. The van der Waals surface area contributed by atoms with Gasteiger partial charge in [0.25, 0.3) is 0 Å². The third-order valence-corrected chi connectivity index (χ3v) is 4.83. The van der Waals surface area contributed by atoms with Gasteiger partial charge < -0.3 is 4.42 Å². The monoisotopic (exact) mass is 330 g/mol. The molecule has 0 spiro atoms. The molecular formula is C24H15BO. The van der Waals surface area contributed by atoms with Crippen molar-refractivity contribution in [1.82, 2.24) is 0 Å². The SMILES string of the molecule is [B]c1cccc2c1oc1ccc(-c3cccc(-c4ccccc4)c3)cc12. The van der Waals surface area contributed by atoms with E-state index in [1.54, 1.807) is 0 Å². The number of rotatable bonds is 2. The van der Waals surface area contributed by atoms with E-state index in [-0.39, 0.29) is 0 Å². The van der Waals surface area contributed by atoms with Crippen molar-refractivity contribution < 1.29 is 4.42 Å². The summed E-state index contributed by atoms with van der Waals surface area (Å²) in [5, 5.41) is 2.15. The van der Waals surface area contributed by atoms with Gasteiger partial charge in [-0.3, -0.25) is 0 Å². The van der Waals surface area contributed by atoms with E-state index >= 15 is 0 Å². The molecule has 5 aromatic rings. The highest BCUT2D eigenvalue weighted by atomic mass is 16.3. The second kappa shape index (κ2) is 5.92.